The third kappa shape index (κ3) is 4.27. The number of rotatable bonds is 4. The van der Waals surface area contributed by atoms with E-state index in [4.69, 9.17) is 4.74 Å². The molecule has 0 spiro atoms. The maximum Gasteiger partial charge on any atom is 0.314 e. The standard InChI is InChI=1S/C25H30N2O3/c1-17(28)19-14-22(25(29)30-2)24-21(20-10-6-7-11-23(20)26-24)12-13-27(16-19)15-18-8-4-3-5-9-18/h3-11,17,19,22,26,28H,12-16H2,1-2H3/t17-,19+,22-/m1/s1. The molecule has 3 aromatic rings. The van der Waals surface area contributed by atoms with Crippen molar-refractivity contribution in [3.8, 4) is 0 Å². The molecule has 5 heteroatoms. The van der Waals surface area contributed by atoms with Gasteiger partial charge in [-0.1, -0.05) is 48.5 Å². The fourth-order valence-corrected chi connectivity index (χ4v) is 4.67. The molecule has 1 aliphatic heterocycles. The Bertz CT molecular complexity index is 996. The quantitative estimate of drug-likeness (QED) is 0.646. The first-order valence-corrected chi connectivity index (χ1v) is 10.7. The first-order chi connectivity index (χ1) is 14.6. The molecule has 0 bridgehead atoms. The number of aromatic nitrogens is 1. The third-order valence-electron chi connectivity index (χ3n) is 6.32. The molecule has 1 aromatic heterocycles. The first kappa shape index (κ1) is 20.6. The number of esters is 1. The number of benzene rings is 2. The molecule has 2 aromatic carbocycles. The fourth-order valence-electron chi connectivity index (χ4n) is 4.67. The number of aliphatic hydroxyl groups is 1. The van der Waals surface area contributed by atoms with Crippen LogP contribution in [-0.2, 0) is 22.5 Å². The highest BCUT2D eigenvalue weighted by atomic mass is 16.5. The minimum Gasteiger partial charge on any atom is -0.469 e. The zero-order valence-electron chi connectivity index (χ0n) is 17.7. The van der Waals surface area contributed by atoms with E-state index in [1.54, 1.807) is 0 Å². The topological polar surface area (TPSA) is 65.6 Å². The zero-order valence-corrected chi connectivity index (χ0v) is 17.7. The molecule has 5 nitrogen and oxygen atoms in total. The summed E-state index contributed by atoms with van der Waals surface area (Å²) in [7, 11) is 1.44. The number of carbonyl (C=O) groups excluding carboxylic acids is 1. The first-order valence-electron chi connectivity index (χ1n) is 10.7. The lowest BCUT2D eigenvalue weighted by molar-refractivity contribution is -0.143. The number of hydrogen-bond acceptors (Lipinski definition) is 4. The number of methoxy groups -OCH3 is 1. The van der Waals surface area contributed by atoms with Crippen LogP contribution < -0.4 is 0 Å². The van der Waals surface area contributed by atoms with E-state index in [1.807, 2.05) is 25.1 Å². The Morgan fingerprint density at radius 3 is 2.67 bits per heavy atom. The van der Waals surface area contributed by atoms with Gasteiger partial charge in [-0.05, 0) is 42.9 Å². The summed E-state index contributed by atoms with van der Waals surface area (Å²) >= 11 is 0. The van der Waals surface area contributed by atoms with Crippen molar-refractivity contribution in [3.05, 3.63) is 71.4 Å². The predicted molar refractivity (Wildman–Crippen MR) is 118 cm³/mol. The van der Waals surface area contributed by atoms with Crippen LogP contribution in [0.1, 0.15) is 36.1 Å². The van der Waals surface area contributed by atoms with Gasteiger partial charge in [-0.15, -0.1) is 0 Å². The van der Waals surface area contributed by atoms with Gasteiger partial charge in [0.05, 0.1) is 19.1 Å². The molecular weight excluding hydrogens is 376 g/mol. The van der Waals surface area contributed by atoms with E-state index >= 15 is 0 Å². The summed E-state index contributed by atoms with van der Waals surface area (Å²) in [6, 6.07) is 18.6. The highest BCUT2D eigenvalue weighted by Crippen LogP contribution is 2.35. The molecule has 2 N–H and O–H groups in total. The van der Waals surface area contributed by atoms with Crippen molar-refractivity contribution < 1.29 is 14.6 Å². The largest absolute Gasteiger partial charge is 0.469 e. The van der Waals surface area contributed by atoms with Crippen molar-refractivity contribution in [3.63, 3.8) is 0 Å². The van der Waals surface area contributed by atoms with E-state index in [0.29, 0.717) is 6.42 Å². The van der Waals surface area contributed by atoms with E-state index in [1.165, 1.54) is 18.2 Å². The Labute approximate surface area is 177 Å². The van der Waals surface area contributed by atoms with Gasteiger partial charge in [-0.25, -0.2) is 0 Å². The number of carbonyl (C=O) groups is 1. The van der Waals surface area contributed by atoms with Crippen LogP contribution in [0, 0.1) is 5.92 Å². The van der Waals surface area contributed by atoms with Crippen LogP contribution in [0.3, 0.4) is 0 Å². The summed E-state index contributed by atoms with van der Waals surface area (Å²) < 4.78 is 5.18. The van der Waals surface area contributed by atoms with Gasteiger partial charge in [0.25, 0.3) is 0 Å². The van der Waals surface area contributed by atoms with Gasteiger partial charge >= 0.3 is 5.97 Å². The second-order valence-electron chi connectivity index (χ2n) is 8.35. The van der Waals surface area contributed by atoms with Crippen LogP contribution >= 0.6 is 0 Å². The summed E-state index contributed by atoms with van der Waals surface area (Å²) in [5.74, 6) is -0.686. The van der Waals surface area contributed by atoms with Gasteiger partial charge in [-0.2, -0.15) is 0 Å². The number of ether oxygens (including phenoxy) is 1. The van der Waals surface area contributed by atoms with Crippen molar-refractivity contribution in [1.29, 1.82) is 0 Å². The van der Waals surface area contributed by atoms with Crippen molar-refractivity contribution in [2.24, 2.45) is 5.92 Å². The van der Waals surface area contributed by atoms with Gasteiger partial charge in [0.15, 0.2) is 0 Å². The molecule has 4 rings (SSSR count). The highest BCUT2D eigenvalue weighted by molar-refractivity contribution is 5.88. The zero-order chi connectivity index (χ0) is 21.1. The summed E-state index contributed by atoms with van der Waals surface area (Å²) in [6.07, 6.45) is 0.878. The highest BCUT2D eigenvalue weighted by Gasteiger charge is 2.33. The number of fused-ring (bicyclic) bond motifs is 3. The molecule has 3 atom stereocenters. The van der Waals surface area contributed by atoms with E-state index in [0.717, 1.165) is 42.7 Å². The molecule has 0 fully saturated rings. The van der Waals surface area contributed by atoms with Gasteiger partial charge in [0, 0.05) is 36.2 Å². The average molecular weight is 407 g/mol. The number of aliphatic hydroxyl groups excluding tert-OH is 1. The van der Waals surface area contributed by atoms with Crippen LogP contribution in [0.25, 0.3) is 10.9 Å². The lowest BCUT2D eigenvalue weighted by Crippen LogP contribution is -2.36. The third-order valence-corrected chi connectivity index (χ3v) is 6.32. The monoisotopic (exact) mass is 406 g/mol. The molecule has 1 aliphatic rings. The Kier molecular flexibility index (Phi) is 6.21. The lowest BCUT2D eigenvalue weighted by atomic mass is 9.87. The van der Waals surface area contributed by atoms with Crippen LogP contribution in [0.5, 0.6) is 0 Å². The maximum atomic E-state index is 12.8. The SMILES string of the molecule is COC(=O)[C@@H]1C[C@H]([C@@H](C)O)CN(Cc2ccccc2)CCc2c1[nH]c1ccccc21. The molecule has 158 valence electrons. The number of nitrogens with one attached hydrogen (secondary N) is 1. The predicted octanol–water partition coefficient (Wildman–Crippen LogP) is 3.87. The molecule has 2 heterocycles. The minimum atomic E-state index is -0.513. The Hall–Kier alpha value is -2.63. The fraction of sp³-hybridized carbons (Fsp3) is 0.400. The Morgan fingerprint density at radius 1 is 1.20 bits per heavy atom. The molecule has 0 saturated carbocycles. The van der Waals surface area contributed by atoms with Crippen LogP contribution in [0.2, 0.25) is 0 Å². The van der Waals surface area contributed by atoms with Crippen LogP contribution in [-0.4, -0.2) is 47.3 Å². The minimum absolute atomic E-state index is 0.0322. The number of para-hydroxylation sites is 1. The van der Waals surface area contributed by atoms with Crippen molar-refractivity contribution in [2.45, 2.75) is 38.3 Å². The lowest BCUT2D eigenvalue weighted by Gasteiger charge is -2.29. The summed E-state index contributed by atoms with van der Waals surface area (Å²) in [6.45, 7) is 4.25. The summed E-state index contributed by atoms with van der Waals surface area (Å²) in [4.78, 5) is 18.7. The molecule has 30 heavy (non-hydrogen) atoms. The van der Waals surface area contributed by atoms with E-state index in [2.05, 4.69) is 46.3 Å². The van der Waals surface area contributed by atoms with E-state index in [9.17, 15) is 9.90 Å². The average Bonchev–Trinajstić information content (AvgIpc) is 3.14. The Morgan fingerprint density at radius 2 is 1.93 bits per heavy atom. The van der Waals surface area contributed by atoms with Crippen LogP contribution in [0.4, 0.5) is 0 Å². The summed E-state index contributed by atoms with van der Waals surface area (Å²) in [5, 5.41) is 11.7. The molecule has 0 saturated heterocycles. The van der Waals surface area contributed by atoms with E-state index < -0.39 is 12.0 Å². The van der Waals surface area contributed by atoms with Crippen molar-refractivity contribution in [2.75, 3.05) is 20.2 Å². The second-order valence-corrected chi connectivity index (χ2v) is 8.35. The Balaban J connectivity index is 1.74. The number of H-pyrrole nitrogens is 1. The summed E-state index contributed by atoms with van der Waals surface area (Å²) in [5.41, 5.74) is 4.42. The number of nitrogens with zero attached hydrogens (tertiary/aromatic N) is 1. The van der Waals surface area contributed by atoms with Crippen molar-refractivity contribution in [1.82, 2.24) is 9.88 Å². The number of hydrogen-bond donors (Lipinski definition) is 2. The molecule has 0 unspecified atom stereocenters. The van der Waals surface area contributed by atoms with Crippen LogP contribution in [0.15, 0.2) is 54.6 Å². The molecule has 0 aliphatic carbocycles. The van der Waals surface area contributed by atoms with E-state index in [-0.39, 0.29) is 11.9 Å². The molecule has 0 amide bonds. The number of aromatic amines is 1. The van der Waals surface area contributed by atoms with Gasteiger partial charge in [0.1, 0.15) is 0 Å². The van der Waals surface area contributed by atoms with Gasteiger partial charge in [0.2, 0.25) is 0 Å². The normalized spacial score (nSPS) is 21.3. The second kappa shape index (κ2) is 9.02. The molecular formula is C25H30N2O3. The smallest absolute Gasteiger partial charge is 0.314 e. The molecule has 0 radical (unpaired) electrons. The maximum absolute atomic E-state index is 12.8. The van der Waals surface area contributed by atoms with Crippen molar-refractivity contribution >= 4 is 16.9 Å². The van der Waals surface area contributed by atoms with Gasteiger partial charge in [-0.3, -0.25) is 9.69 Å². The van der Waals surface area contributed by atoms with Gasteiger partial charge < -0.3 is 14.8 Å².